The predicted octanol–water partition coefficient (Wildman–Crippen LogP) is 3.94. The minimum atomic E-state index is -3.27. The van der Waals surface area contributed by atoms with Crippen LogP contribution in [0.15, 0.2) is 36.4 Å². The lowest BCUT2D eigenvalue weighted by Crippen LogP contribution is -2.25. The number of benzene rings is 2. The standard InChI is InChI=1S/C24H30N2O4S/c1-15-5-7-17(3)21(9-15)25-23(27)11-19-13-31(29,30)14-20(19)12-24(28)26-22-10-16(2)6-8-18(22)4/h5-10,19-20H,11-14H2,1-4H3,(H,25,27)(H,26,28). The Hall–Kier alpha value is -2.67. The fourth-order valence-corrected chi connectivity index (χ4v) is 6.28. The third-order valence-electron chi connectivity index (χ3n) is 5.83. The Labute approximate surface area is 184 Å². The normalized spacial score (nSPS) is 19.7. The van der Waals surface area contributed by atoms with Crippen molar-refractivity contribution in [2.24, 2.45) is 11.8 Å². The molecular formula is C24H30N2O4S. The topological polar surface area (TPSA) is 92.3 Å². The second-order valence-electron chi connectivity index (χ2n) is 8.74. The molecule has 2 N–H and O–H groups in total. The number of aryl methyl sites for hydroxylation is 4. The van der Waals surface area contributed by atoms with Crippen molar-refractivity contribution < 1.29 is 18.0 Å². The molecule has 2 unspecified atom stereocenters. The van der Waals surface area contributed by atoms with E-state index >= 15 is 0 Å². The van der Waals surface area contributed by atoms with E-state index in [1.54, 1.807) is 0 Å². The van der Waals surface area contributed by atoms with Gasteiger partial charge in [-0.1, -0.05) is 24.3 Å². The van der Waals surface area contributed by atoms with Gasteiger partial charge in [0.15, 0.2) is 9.84 Å². The Morgan fingerprint density at radius 1 is 0.774 bits per heavy atom. The summed E-state index contributed by atoms with van der Waals surface area (Å²) < 4.78 is 24.5. The molecule has 166 valence electrons. The Bertz CT molecular complexity index is 1030. The number of carbonyl (C=O) groups is 2. The number of anilines is 2. The molecule has 0 aliphatic carbocycles. The van der Waals surface area contributed by atoms with Crippen LogP contribution in [0.4, 0.5) is 11.4 Å². The highest BCUT2D eigenvalue weighted by Gasteiger charge is 2.39. The average molecular weight is 443 g/mol. The van der Waals surface area contributed by atoms with Gasteiger partial charge in [0.25, 0.3) is 0 Å². The fourth-order valence-electron chi connectivity index (χ4n) is 4.06. The monoisotopic (exact) mass is 442 g/mol. The molecule has 31 heavy (non-hydrogen) atoms. The van der Waals surface area contributed by atoms with Crippen LogP contribution in [-0.4, -0.2) is 31.7 Å². The Balaban J connectivity index is 1.66. The van der Waals surface area contributed by atoms with E-state index in [2.05, 4.69) is 10.6 Å². The maximum Gasteiger partial charge on any atom is 0.224 e. The van der Waals surface area contributed by atoms with Gasteiger partial charge in [-0.15, -0.1) is 0 Å². The summed E-state index contributed by atoms with van der Waals surface area (Å²) in [4.78, 5) is 25.3. The van der Waals surface area contributed by atoms with Crippen molar-refractivity contribution in [3.8, 4) is 0 Å². The molecule has 7 heteroatoms. The largest absolute Gasteiger partial charge is 0.326 e. The summed E-state index contributed by atoms with van der Waals surface area (Å²) in [6.07, 6.45) is 0.155. The SMILES string of the molecule is Cc1ccc(C)c(NC(=O)CC2CS(=O)(=O)CC2CC(=O)Nc2cc(C)ccc2C)c1. The van der Waals surface area contributed by atoms with Crippen LogP contribution in [0.3, 0.4) is 0 Å². The minimum absolute atomic E-state index is 0.0609. The van der Waals surface area contributed by atoms with Gasteiger partial charge in [0, 0.05) is 24.2 Å². The maximum atomic E-state index is 12.6. The van der Waals surface area contributed by atoms with Gasteiger partial charge in [-0.2, -0.15) is 0 Å². The molecule has 1 aliphatic heterocycles. The van der Waals surface area contributed by atoms with E-state index in [-0.39, 0.29) is 48.0 Å². The molecule has 2 atom stereocenters. The number of hydrogen-bond acceptors (Lipinski definition) is 4. The summed E-state index contributed by atoms with van der Waals surface area (Å²) >= 11 is 0. The molecule has 1 heterocycles. The van der Waals surface area contributed by atoms with Gasteiger partial charge in [0.05, 0.1) is 11.5 Å². The molecule has 0 bridgehead atoms. The molecule has 0 spiro atoms. The smallest absolute Gasteiger partial charge is 0.224 e. The van der Waals surface area contributed by atoms with E-state index in [1.807, 2.05) is 64.1 Å². The molecule has 2 aromatic rings. The molecule has 0 saturated carbocycles. The number of sulfone groups is 1. The molecule has 1 aliphatic rings. The van der Waals surface area contributed by atoms with Crippen LogP contribution >= 0.6 is 0 Å². The van der Waals surface area contributed by atoms with E-state index in [1.165, 1.54) is 0 Å². The summed E-state index contributed by atoms with van der Waals surface area (Å²) in [5, 5.41) is 5.80. The Morgan fingerprint density at radius 3 is 1.55 bits per heavy atom. The lowest BCUT2D eigenvalue weighted by Gasteiger charge is -2.18. The van der Waals surface area contributed by atoms with Crippen molar-refractivity contribution in [1.82, 2.24) is 0 Å². The molecule has 2 aromatic carbocycles. The quantitative estimate of drug-likeness (QED) is 0.709. The Kier molecular flexibility index (Phi) is 6.84. The number of nitrogens with one attached hydrogen (secondary N) is 2. The van der Waals surface area contributed by atoms with Crippen LogP contribution in [0, 0.1) is 39.5 Å². The first-order valence-corrected chi connectivity index (χ1v) is 12.3. The third-order valence-corrected chi connectivity index (χ3v) is 7.70. The average Bonchev–Trinajstić information content (AvgIpc) is 2.94. The fraction of sp³-hybridized carbons (Fsp3) is 0.417. The van der Waals surface area contributed by atoms with Crippen molar-refractivity contribution >= 4 is 33.0 Å². The van der Waals surface area contributed by atoms with E-state index in [0.29, 0.717) is 0 Å². The molecule has 6 nitrogen and oxygen atoms in total. The predicted molar refractivity (Wildman–Crippen MR) is 124 cm³/mol. The highest BCUT2D eigenvalue weighted by Crippen LogP contribution is 2.32. The van der Waals surface area contributed by atoms with Gasteiger partial charge >= 0.3 is 0 Å². The summed E-state index contributed by atoms with van der Waals surface area (Å²) in [7, 11) is -3.27. The highest BCUT2D eigenvalue weighted by molar-refractivity contribution is 7.91. The van der Waals surface area contributed by atoms with Crippen LogP contribution in [0.2, 0.25) is 0 Å². The van der Waals surface area contributed by atoms with Crippen LogP contribution in [0.5, 0.6) is 0 Å². The lowest BCUT2D eigenvalue weighted by atomic mass is 9.89. The highest BCUT2D eigenvalue weighted by atomic mass is 32.2. The molecule has 3 rings (SSSR count). The zero-order valence-corrected chi connectivity index (χ0v) is 19.3. The second-order valence-corrected chi connectivity index (χ2v) is 10.9. The lowest BCUT2D eigenvalue weighted by molar-refractivity contribution is -0.119. The van der Waals surface area contributed by atoms with Gasteiger partial charge in [-0.05, 0) is 73.9 Å². The zero-order valence-electron chi connectivity index (χ0n) is 18.5. The van der Waals surface area contributed by atoms with Crippen molar-refractivity contribution in [2.45, 2.75) is 40.5 Å². The summed E-state index contributed by atoms with van der Waals surface area (Å²) in [5.74, 6) is -1.33. The van der Waals surface area contributed by atoms with Crippen LogP contribution in [0.25, 0.3) is 0 Å². The van der Waals surface area contributed by atoms with Gasteiger partial charge in [-0.3, -0.25) is 9.59 Å². The Morgan fingerprint density at radius 2 is 1.16 bits per heavy atom. The van der Waals surface area contributed by atoms with E-state index in [4.69, 9.17) is 0 Å². The molecule has 0 aromatic heterocycles. The van der Waals surface area contributed by atoms with Gasteiger partial charge in [-0.25, -0.2) is 8.42 Å². The summed E-state index contributed by atoms with van der Waals surface area (Å²) in [5.41, 5.74) is 5.42. The number of amides is 2. The van der Waals surface area contributed by atoms with Crippen LogP contribution in [-0.2, 0) is 19.4 Å². The van der Waals surface area contributed by atoms with Gasteiger partial charge < -0.3 is 10.6 Å². The third kappa shape index (κ3) is 6.17. The van der Waals surface area contributed by atoms with Crippen LogP contribution in [0.1, 0.15) is 35.1 Å². The molecule has 0 radical (unpaired) electrons. The number of hydrogen-bond donors (Lipinski definition) is 2. The molecule has 2 amide bonds. The molecule has 1 saturated heterocycles. The summed E-state index contributed by atoms with van der Waals surface area (Å²) in [6.45, 7) is 7.72. The van der Waals surface area contributed by atoms with E-state index in [0.717, 1.165) is 33.6 Å². The maximum absolute atomic E-state index is 12.6. The second kappa shape index (κ2) is 9.22. The van der Waals surface area contributed by atoms with Crippen molar-refractivity contribution in [1.29, 1.82) is 0 Å². The summed E-state index contributed by atoms with van der Waals surface area (Å²) in [6, 6.07) is 11.6. The molecule has 1 fully saturated rings. The first-order valence-electron chi connectivity index (χ1n) is 10.5. The minimum Gasteiger partial charge on any atom is -0.326 e. The van der Waals surface area contributed by atoms with Crippen molar-refractivity contribution in [3.05, 3.63) is 58.7 Å². The van der Waals surface area contributed by atoms with E-state index in [9.17, 15) is 18.0 Å². The molecular weight excluding hydrogens is 412 g/mol. The first-order chi connectivity index (χ1) is 14.5. The van der Waals surface area contributed by atoms with E-state index < -0.39 is 9.84 Å². The number of carbonyl (C=O) groups excluding carboxylic acids is 2. The first kappa shape index (κ1) is 23.0. The zero-order chi connectivity index (χ0) is 22.8. The van der Waals surface area contributed by atoms with Crippen molar-refractivity contribution in [2.75, 3.05) is 22.1 Å². The number of rotatable bonds is 6. The van der Waals surface area contributed by atoms with Gasteiger partial charge in [0.2, 0.25) is 11.8 Å². The van der Waals surface area contributed by atoms with Crippen molar-refractivity contribution in [3.63, 3.8) is 0 Å². The van der Waals surface area contributed by atoms with Crippen LogP contribution < -0.4 is 10.6 Å². The van der Waals surface area contributed by atoms with Gasteiger partial charge in [0.1, 0.15) is 0 Å².